The first-order chi connectivity index (χ1) is 17.3. The van der Waals surface area contributed by atoms with E-state index >= 15 is 0 Å². The van der Waals surface area contributed by atoms with Crippen molar-refractivity contribution < 1.29 is 47.7 Å². The molecule has 5 atom stereocenters. The molecule has 1 fully saturated rings. The third-order valence-electron chi connectivity index (χ3n) is 5.49. The van der Waals surface area contributed by atoms with Gasteiger partial charge >= 0.3 is 23.9 Å². The predicted molar refractivity (Wildman–Crippen MR) is 129 cm³/mol. The van der Waals surface area contributed by atoms with Gasteiger partial charge in [-0.25, -0.2) is 0 Å². The van der Waals surface area contributed by atoms with E-state index in [1.807, 2.05) is 43.3 Å². The van der Waals surface area contributed by atoms with Crippen LogP contribution in [0.15, 0.2) is 24.3 Å². The number of rotatable bonds is 10. The fourth-order valence-electron chi connectivity index (χ4n) is 3.94. The third-order valence-corrected chi connectivity index (χ3v) is 5.49. The molecular formula is C25H34N2O10. The van der Waals surface area contributed by atoms with Crippen molar-refractivity contribution in [2.75, 3.05) is 32.1 Å². The Kier molecular flexibility index (Phi) is 10.4. The number of benzene rings is 1. The van der Waals surface area contributed by atoms with Crippen LogP contribution in [0, 0.1) is 0 Å². The summed E-state index contributed by atoms with van der Waals surface area (Å²) in [6, 6.07) is 7.35. The van der Waals surface area contributed by atoms with Gasteiger partial charge in [-0.05, 0) is 12.1 Å². The van der Waals surface area contributed by atoms with E-state index in [1.54, 1.807) is 0 Å². The van der Waals surface area contributed by atoms with E-state index in [0.717, 1.165) is 33.4 Å². The molecular weight excluding hydrogens is 488 g/mol. The lowest BCUT2D eigenvalue weighted by Crippen LogP contribution is -2.53. The van der Waals surface area contributed by atoms with Gasteiger partial charge in [0, 0.05) is 60.0 Å². The number of anilines is 1. The van der Waals surface area contributed by atoms with Crippen molar-refractivity contribution in [3.63, 3.8) is 0 Å². The monoisotopic (exact) mass is 522 g/mol. The lowest BCUT2D eigenvalue weighted by molar-refractivity contribution is -0.200. The van der Waals surface area contributed by atoms with Crippen LogP contribution in [-0.2, 0) is 47.7 Å². The maximum atomic E-state index is 12.5. The molecule has 1 amide bonds. The Labute approximate surface area is 215 Å². The van der Waals surface area contributed by atoms with E-state index in [4.69, 9.17) is 23.7 Å². The summed E-state index contributed by atoms with van der Waals surface area (Å²) in [6.07, 6.45) is -5.84. The molecule has 12 nitrogen and oxygen atoms in total. The number of carbonyl (C=O) groups is 5. The molecule has 204 valence electrons. The molecule has 1 aromatic rings. The number of nitrogens with zero attached hydrogens (tertiary/aromatic N) is 2. The zero-order chi connectivity index (χ0) is 27.9. The largest absolute Gasteiger partial charge is 0.462 e. The van der Waals surface area contributed by atoms with Gasteiger partial charge in [-0.1, -0.05) is 12.1 Å². The molecule has 12 heteroatoms. The molecule has 1 aliphatic heterocycles. The Balaban J connectivity index is 2.47. The molecule has 1 heterocycles. The Bertz CT molecular complexity index is 994. The van der Waals surface area contributed by atoms with E-state index in [1.165, 1.54) is 11.8 Å². The van der Waals surface area contributed by atoms with Crippen molar-refractivity contribution in [3.8, 4) is 0 Å². The lowest BCUT2D eigenvalue weighted by Gasteiger charge is -2.34. The molecule has 0 spiro atoms. The van der Waals surface area contributed by atoms with Gasteiger partial charge in [-0.2, -0.15) is 0 Å². The van der Waals surface area contributed by atoms with Gasteiger partial charge in [0.25, 0.3) is 0 Å². The molecule has 2 rings (SSSR count). The molecule has 1 aliphatic rings. The molecule has 0 radical (unpaired) electrons. The fraction of sp³-hybridized carbons (Fsp3) is 0.560. The van der Waals surface area contributed by atoms with E-state index in [-0.39, 0.29) is 12.5 Å². The number of carbonyl (C=O) groups excluding carboxylic acids is 5. The minimum Gasteiger partial charge on any atom is -0.462 e. The maximum Gasteiger partial charge on any atom is 0.303 e. The average Bonchev–Trinajstić information content (AvgIpc) is 3.24. The highest BCUT2D eigenvalue weighted by molar-refractivity contribution is 5.74. The van der Waals surface area contributed by atoms with Crippen molar-refractivity contribution >= 4 is 35.5 Å². The van der Waals surface area contributed by atoms with Gasteiger partial charge in [0.2, 0.25) is 5.91 Å². The topological polar surface area (TPSA) is 138 Å². The minimum atomic E-state index is -1.40. The van der Waals surface area contributed by atoms with E-state index in [9.17, 15) is 24.0 Å². The summed E-state index contributed by atoms with van der Waals surface area (Å²) in [6.45, 7) is 5.45. The van der Waals surface area contributed by atoms with Gasteiger partial charge < -0.3 is 33.5 Å². The first kappa shape index (κ1) is 29.6. The standard InChI is InChI=1S/C25H34N2O10/c1-14(28)27-12-21(37-25(27)19-8-10-20(11-9-19)26(6)7)23(35-17(4)31)24(36-18(5)32)22(34-16(3)30)13-33-15(2)29/h8-11,21-25H,12-13H2,1-7H3/t21-,22+,23+,24+,25+/m0/s1. The summed E-state index contributed by atoms with van der Waals surface area (Å²) in [5.41, 5.74) is 1.61. The Morgan fingerprint density at radius 2 is 1.46 bits per heavy atom. The zero-order valence-electron chi connectivity index (χ0n) is 22.1. The highest BCUT2D eigenvalue weighted by Crippen LogP contribution is 2.35. The van der Waals surface area contributed by atoms with Gasteiger partial charge in [0.1, 0.15) is 12.7 Å². The van der Waals surface area contributed by atoms with Crippen molar-refractivity contribution in [2.24, 2.45) is 0 Å². The van der Waals surface area contributed by atoms with Crippen molar-refractivity contribution in [1.29, 1.82) is 0 Å². The smallest absolute Gasteiger partial charge is 0.303 e. The first-order valence-electron chi connectivity index (χ1n) is 11.6. The number of ether oxygens (including phenoxy) is 5. The van der Waals surface area contributed by atoms with Crippen LogP contribution in [0.1, 0.15) is 46.4 Å². The molecule has 0 aliphatic carbocycles. The second kappa shape index (κ2) is 13.0. The maximum absolute atomic E-state index is 12.5. The number of hydrogen-bond donors (Lipinski definition) is 0. The quantitative estimate of drug-likeness (QED) is 0.325. The van der Waals surface area contributed by atoms with Crippen LogP contribution in [0.3, 0.4) is 0 Å². The number of amides is 1. The predicted octanol–water partition coefficient (Wildman–Crippen LogP) is 1.36. The van der Waals surface area contributed by atoms with Crippen LogP contribution in [-0.4, -0.2) is 86.3 Å². The van der Waals surface area contributed by atoms with Crippen LogP contribution in [0.2, 0.25) is 0 Å². The second-order valence-electron chi connectivity index (χ2n) is 8.78. The zero-order valence-corrected chi connectivity index (χ0v) is 22.1. The number of hydrogen-bond acceptors (Lipinski definition) is 11. The van der Waals surface area contributed by atoms with E-state index in [0.29, 0.717) is 5.56 Å². The molecule has 0 saturated carbocycles. The highest BCUT2D eigenvalue weighted by atomic mass is 16.6. The van der Waals surface area contributed by atoms with Gasteiger partial charge in [0.05, 0.1) is 6.54 Å². The van der Waals surface area contributed by atoms with Gasteiger partial charge in [-0.3, -0.25) is 24.0 Å². The average molecular weight is 523 g/mol. The Hall–Kier alpha value is -3.67. The molecule has 0 bridgehead atoms. The summed E-state index contributed by atoms with van der Waals surface area (Å²) >= 11 is 0. The molecule has 0 N–H and O–H groups in total. The van der Waals surface area contributed by atoms with Crippen molar-refractivity contribution in [1.82, 2.24) is 4.90 Å². The van der Waals surface area contributed by atoms with Crippen LogP contribution in [0.4, 0.5) is 5.69 Å². The SMILES string of the molecule is CC(=O)OC[C@@H](OC(C)=O)[C@@H](OC(C)=O)[C@H](OC(C)=O)[C@@H]1CN(C(C)=O)[C@@H](c2ccc(N(C)C)cc2)O1. The molecule has 37 heavy (non-hydrogen) atoms. The second-order valence-corrected chi connectivity index (χ2v) is 8.78. The van der Waals surface area contributed by atoms with Crippen molar-refractivity contribution in [3.05, 3.63) is 29.8 Å². The summed E-state index contributed by atoms with van der Waals surface area (Å²) in [7, 11) is 3.79. The first-order valence-corrected chi connectivity index (χ1v) is 11.6. The normalized spacial score (nSPS) is 19.3. The van der Waals surface area contributed by atoms with Crippen LogP contribution < -0.4 is 4.90 Å². The number of esters is 4. The summed E-state index contributed by atoms with van der Waals surface area (Å²) in [5.74, 6) is -3.20. The van der Waals surface area contributed by atoms with Gasteiger partial charge in [0.15, 0.2) is 24.5 Å². The van der Waals surface area contributed by atoms with Crippen LogP contribution in [0.25, 0.3) is 0 Å². The third kappa shape index (κ3) is 8.45. The minimum absolute atomic E-state index is 0.0223. The van der Waals surface area contributed by atoms with E-state index < -0.39 is 61.1 Å². The van der Waals surface area contributed by atoms with Crippen LogP contribution >= 0.6 is 0 Å². The van der Waals surface area contributed by atoms with Crippen LogP contribution in [0.5, 0.6) is 0 Å². The van der Waals surface area contributed by atoms with E-state index in [2.05, 4.69) is 0 Å². The van der Waals surface area contributed by atoms with Crippen molar-refractivity contribution in [2.45, 2.75) is 65.3 Å². The van der Waals surface area contributed by atoms with Gasteiger partial charge in [-0.15, -0.1) is 0 Å². The fourth-order valence-corrected chi connectivity index (χ4v) is 3.94. The lowest BCUT2D eigenvalue weighted by atomic mass is 10.0. The Morgan fingerprint density at radius 1 is 0.892 bits per heavy atom. The molecule has 0 aromatic heterocycles. The highest BCUT2D eigenvalue weighted by Gasteiger charge is 2.48. The Morgan fingerprint density at radius 3 is 1.92 bits per heavy atom. The molecule has 1 saturated heterocycles. The summed E-state index contributed by atoms with van der Waals surface area (Å²) in [5, 5.41) is 0. The molecule has 0 unspecified atom stereocenters. The summed E-state index contributed by atoms with van der Waals surface area (Å²) < 4.78 is 27.4. The molecule has 1 aromatic carbocycles. The summed E-state index contributed by atoms with van der Waals surface area (Å²) in [4.78, 5) is 63.2.